The molecule has 1 saturated heterocycles. The van der Waals surface area contributed by atoms with Crippen LogP contribution in [0.25, 0.3) is 0 Å². The molecule has 2 aromatic heterocycles. The van der Waals surface area contributed by atoms with Crippen molar-refractivity contribution in [1.29, 1.82) is 0 Å². The van der Waals surface area contributed by atoms with Crippen LogP contribution in [0.5, 0.6) is 0 Å². The maximum atomic E-state index is 12.8. The average Bonchev–Trinajstić information content (AvgIpc) is 3.26. The zero-order chi connectivity index (χ0) is 25.1. The number of nitrogens with zero attached hydrogens (tertiary/aromatic N) is 5. The van der Waals surface area contributed by atoms with Crippen LogP contribution in [0.15, 0.2) is 41.5 Å². The monoisotopic (exact) mass is 519 g/mol. The molecule has 0 aromatic carbocycles. The van der Waals surface area contributed by atoms with Gasteiger partial charge in [-0.25, -0.2) is 9.36 Å². The fourth-order valence-corrected chi connectivity index (χ4v) is 4.94. The summed E-state index contributed by atoms with van der Waals surface area (Å²) in [6, 6.07) is 2.01. The summed E-state index contributed by atoms with van der Waals surface area (Å²) in [7, 11) is 0. The smallest absolute Gasteiger partial charge is 0.344 e. The molecule has 0 aliphatic carbocycles. The molecule has 4 rings (SSSR count). The molecule has 2 aliphatic rings. The highest BCUT2D eigenvalue weighted by Crippen LogP contribution is 2.36. The lowest BCUT2D eigenvalue weighted by Gasteiger charge is -2.47. The van der Waals surface area contributed by atoms with Crippen molar-refractivity contribution in [3.63, 3.8) is 0 Å². The first-order valence-electron chi connectivity index (χ1n) is 9.89. The Morgan fingerprint density at radius 3 is 2.74 bits per heavy atom. The van der Waals surface area contributed by atoms with E-state index >= 15 is 0 Å². The van der Waals surface area contributed by atoms with Gasteiger partial charge in [0, 0.05) is 46.8 Å². The third-order valence-electron chi connectivity index (χ3n) is 4.85. The van der Waals surface area contributed by atoms with Crippen LogP contribution in [0.1, 0.15) is 16.2 Å². The molecule has 2 amide bonds. The van der Waals surface area contributed by atoms with Crippen LogP contribution in [0, 0.1) is 0 Å². The van der Waals surface area contributed by atoms with Crippen molar-refractivity contribution in [2.24, 2.45) is 5.16 Å². The summed E-state index contributed by atoms with van der Waals surface area (Å²) >= 11 is 2.26. The molecule has 2 aromatic rings. The molecule has 35 heavy (non-hydrogen) atoms. The summed E-state index contributed by atoms with van der Waals surface area (Å²) in [5, 5.41) is 25.4. The van der Waals surface area contributed by atoms with E-state index in [0.717, 1.165) is 17.1 Å². The summed E-state index contributed by atoms with van der Waals surface area (Å²) in [6.07, 6.45) is 4.92. The van der Waals surface area contributed by atoms with Crippen molar-refractivity contribution < 1.29 is 38.8 Å². The molecule has 1 fully saturated rings. The van der Waals surface area contributed by atoms with E-state index in [0.29, 0.717) is 12.3 Å². The number of aromatic carboxylic acids is 1. The van der Waals surface area contributed by atoms with Crippen LogP contribution in [-0.4, -0.2) is 72.6 Å². The zero-order valence-electron chi connectivity index (χ0n) is 17.7. The molecule has 4 heterocycles. The number of pyridine rings is 1. The lowest BCUT2D eigenvalue weighted by atomic mass is 10.1. The van der Waals surface area contributed by atoms with Crippen molar-refractivity contribution in [1.82, 2.24) is 19.6 Å². The summed E-state index contributed by atoms with van der Waals surface area (Å²) in [5.41, 5.74) is 6.13. The zero-order valence-corrected chi connectivity index (χ0v) is 19.3. The number of hydrogen-bond donors (Lipinski definition) is 3. The first kappa shape index (κ1) is 24.1. The Kier molecular flexibility index (Phi) is 6.92. The van der Waals surface area contributed by atoms with Crippen LogP contribution in [0.3, 0.4) is 0 Å². The number of thioether (sulfide) groups is 1. The molecule has 4 N–H and O–H groups in total. The second kappa shape index (κ2) is 10.1. The fraction of sp³-hybridized carbons (Fsp3) is 0.263. The van der Waals surface area contributed by atoms with Gasteiger partial charge in [0.05, 0.1) is 5.97 Å². The molecule has 1 unspecified atom stereocenters. The molecule has 16 heteroatoms. The number of anilines is 1. The first-order valence-corrected chi connectivity index (χ1v) is 11.7. The number of nitrogen functional groups attached to an aromatic ring is 1. The van der Waals surface area contributed by atoms with Crippen molar-refractivity contribution in [3.8, 4) is 0 Å². The van der Waals surface area contributed by atoms with Gasteiger partial charge in [-0.15, -0.1) is 11.8 Å². The highest BCUT2D eigenvalue weighted by Gasteiger charge is 2.50. The maximum Gasteiger partial charge on any atom is 0.344 e. The van der Waals surface area contributed by atoms with Crippen LogP contribution >= 0.6 is 23.3 Å². The molecule has 182 valence electrons. The van der Waals surface area contributed by atoms with Crippen LogP contribution < -0.4 is 20.7 Å². The number of β-lactam (4-membered cyclic amide) rings is 1. The minimum atomic E-state index is -1.29. The lowest BCUT2D eigenvalue weighted by Crippen LogP contribution is -2.69. The number of carboxylic acid groups (broad SMARTS) is 2. The fourth-order valence-electron chi connectivity index (χ4n) is 3.26. The van der Waals surface area contributed by atoms with Crippen molar-refractivity contribution in [2.45, 2.75) is 18.0 Å². The number of aromatic nitrogens is 3. The summed E-state index contributed by atoms with van der Waals surface area (Å²) in [6.45, 7) is -0.338. The Balaban J connectivity index is 1.41. The Bertz CT molecular complexity index is 1240. The van der Waals surface area contributed by atoms with Crippen molar-refractivity contribution in [3.05, 3.63) is 47.7 Å². The van der Waals surface area contributed by atoms with E-state index in [-0.39, 0.29) is 27.8 Å². The summed E-state index contributed by atoms with van der Waals surface area (Å²) in [5.74, 6) is -3.30. The molecule has 0 radical (unpaired) electrons. The molecule has 2 aliphatic heterocycles. The quantitative estimate of drug-likeness (QED) is 0.137. The standard InChI is InChI=1S/C19H17N7O7S2/c20-19-22-14(24-35-19)12(23-33-7-11(27)28)15(29)21-13-16(30)26-6-9(8-34-17(13)26)5-25-3-1-10(2-4-25)18(31)32/h1-4,6,13,17H,5,7-8H2,(H4-,20,21,22,24,27,28,29,31,32)/t13?,17-/m1/s1. The number of carbonyl (C=O) groups is 4. The van der Waals surface area contributed by atoms with E-state index in [2.05, 4.69) is 24.7 Å². The topological polar surface area (TPSA) is 204 Å². The second-order valence-corrected chi connectivity index (χ2v) is 9.18. The van der Waals surface area contributed by atoms with Gasteiger partial charge >= 0.3 is 5.97 Å². The van der Waals surface area contributed by atoms with Gasteiger partial charge < -0.3 is 35.8 Å². The van der Waals surface area contributed by atoms with Gasteiger partial charge in [-0.1, -0.05) is 5.16 Å². The predicted molar refractivity (Wildman–Crippen MR) is 119 cm³/mol. The van der Waals surface area contributed by atoms with Crippen LogP contribution in [-0.2, 0) is 25.8 Å². The number of amides is 2. The van der Waals surface area contributed by atoms with Crippen molar-refractivity contribution >= 4 is 57.9 Å². The normalized spacial score (nSPS) is 19.3. The van der Waals surface area contributed by atoms with E-state index < -0.39 is 36.2 Å². The Labute approximate surface area is 205 Å². The molecule has 0 saturated carbocycles. The van der Waals surface area contributed by atoms with E-state index in [1.165, 1.54) is 28.8 Å². The first-order chi connectivity index (χ1) is 16.7. The van der Waals surface area contributed by atoms with Gasteiger partial charge in [0.1, 0.15) is 11.4 Å². The number of oxime groups is 1. The van der Waals surface area contributed by atoms with Gasteiger partial charge in [-0.05, 0) is 0 Å². The number of carboxylic acids is 2. The third-order valence-corrected chi connectivity index (χ3v) is 6.77. The molecule has 2 atom stereocenters. The number of hydrogen-bond acceptors (Lipinski definition) is 12. The average molecular weight is 520 g/mol. The highest BCUT2D eigenvalue weighted by atomic mass is 32.2. The highest BCUT2D eigenvalue weighted by molar-refractivity contribution is 8.00. The summed E-state index contributed by atoms with van der Waals surface area (Å²) in [4.78, 5) is 57.1. The van der Waals surface area contributed by atoms with E-state index in [9.17, 15) is 24.3 Å². The lowest BCUT2D eigenvalue weighted by molar-refractivity contribution is -0.689. The van der Waals surface area contributed by atoms with Gasteiger partial charge in [0.15, 0.2) is 24.1 Å². The number of fused-ring (bicyclic) bond motifs is 1. The Hall–Kier alpha value is -4.05. The second-order valence-electron chi connectivity index (χ2n) is 7.30. The maximum absolute atomic E-state index is 12.8. The van der Waals surface area contributed by atoms with Crippen molar-refractivity contribution in [2.75, 3.05) is 18.1 Å². The van der Waals surface area contributed by atoms with E-state index in [1.807, 2.05) is 0 Å². The largest absolute Gasteiger partial charge is 0.545 e. The number of rotatable bonds is 9. The van der Waals surface area contributed by atoms with E-state index in [1.54, 1.807) is 23.2 Å². The number of carbonyl (C=O) groups excluding carboxylic acids is 3. The Morgan fingerprint density at radius 2 is 2.11 bits per heavy atom. The molecule has 14 nitrogen and oxygen atoms in total. The van der Waals surface area contributed by atoms with Gasteiger partial charge in [-0.3, -0.25) is 9.59 Å². The number of nitrogens with two attached hydrogens (primary N) is 1. The minimum Gasteiger partial charge on any atom is -0.545 e. The summed E-state index contributed by atoms with van der Waals surface area (Å²) < 4.78 is 5.66. The number of aliphatic carboxylic acids is 1. The Morgan fingerprint density at radius 1 is 1.37 bits per heavy atom. The minimum absolute atomic E-state index is 0.0663. The SMILES string of the molecule is Nc1nc(C(=NOCC(=O)O)C(=O)NC2C(=O)N3C=C(C[n+]4ccc(C(=O)[O-])cc4)CS[C@H]23)ns1. The van der Waals surface area contributed by atoms with Gasteiger partial charge in [-0.2, -0.15) is 9.36 Å². The van der Waals surface area contributed by atoms with Crippen LogP contribution in [0.2, 0.25) is 0 Å². The van der Waals surface area contributed by atoms with E-state index in [4.69, 9.17) is 10.8 Å². The molecular formula is C19H17N7O7S2. The van der Waals surface area contributed by atoms with Crippen LogP contribution in [0.4, 0.5) is 5.13 Å². The molecule has 0 bridgehead atoms. The predicted octanol–water partition coefficient (Wildman–Crippen LogP) is -2.44. The molecular weight excluding hydrogens is 502 g/mol. The molecule has 0 spiro atoms. The van der Waals surface area contributed by atoms with Gasteiger partial charge in [0.2, 0.25) is 18.1 Å². The van der Waals surface area contributed by atoms with Gasteiger partial charge in [0.25, 0.3) is 11.8 Å². The third kappa shape index (κ3) is 5.38. The number of nitrogens with one attached hydrogen (secondary N) is 1.